The van der Waals surface area contributed by atoms with Crippen LogP contribution in [0.25, 0.3) is 11.2 Å². The Morgan fingerprint density at radius 2 is 1.97 bits per heavy atom. The Morgan fingerprint density at radius 3 is 2.57 bits per heavy atom. The van der Waals surface area contributed by atoms with E-state index in [9.17, 15) is 33.0 Å². The second-order valence-electron chi connectivity index (χ2n) is 7.28. The molecule has 0 amide bonds. The van der Waals surface area contributed by atoms with Crippen LogP contribution in [0.1, 0.15) is 13.2 Å². The van der Waals surface area contributed by atoms with Crippen LogP contribution in [0.2, 0.25) is 0 Å². The lowest BCUT2D eigenvalue weighted by Gasteiger charge is -2.25. The van der Waals surface area contributed by atoms with E-state index in [0.29, 0.717) is 0 Å². The van der Waals surface area contributed by atoms with Gasteiger partial charge in [-0.15, -0.1) is 0 Å². The number of nitrogens with two attached hydrogens (primary N) is 1. The Hall–Kier alpha value is -1.68. The van der Waals surface area contributed by atoms with Crippen LogP contribution >= 0.6 is 35.7 Å². The van der Waals surface area contributed by atoms with Crippen molar-refractivity contribution in [3.63, 3.8) is 0 Å². The number of aliphatic hydroxyl groups is 1. The molecule has 2 aromatic rings. The number of imidazole rings is 1. The van der Waals surface area contributed by atoms with Gasteiger partial charge in [-0.05, 0) is 6.92 Å². The third-order valence-electron chi connectivity index (χ3n) is 4.63. The first-order chi connectivity index (χ1) is 16.9. The predicted octanol–water partition coefficient (Wildman–Crippen LogP) is 0.742. The number of H-pyrrole nitrogens is 1. The molecule has 1 fully saturated rings. The van der Waals surface area contributed by atoms with Gasteiger partial charge in [-0.25, -0.2) is 32.4 Å². The minimum absolute atomic E-state index is 0.0350. The maximum Gasteiger partial charge on any atom is 0.490 e. The summed E-state index contributed by atoms with van der Waals surface area (Å²) in [5.41, 5.74) is 2.52. The van der Waals surface area contributed by atoms with Crippen LogP contribution in [0.5, 0.6) is 0 Å². The summed E-state index contributed by atoms with van der Waals surface area (Å²) in [6.07, 6.45) is -6.94. The lowest BCUT2D eigenvalue weighted by Crippen LogP contribution is -2.44. The highest BCUT2D eigenvalue weighted by Crippen LogP contribution is 2.66. The number of nitrogens with one attached hydrogen (secondary N) is 1. The van der Waals surface area contributed by atoms with E-state index in [-0.39, 0.29) is 21.8 Å². The van der Waals surface area contributed by atoms with Crippen LogP contribution in [0.4, 0.5) is 14.7 Å². The van der Waals surface area contributed by atoms with Crippen molar-refractivity contribution in [2.45, 2.75) is 37.1 Å². The number of hydrogen-bond donors (Lipinski definition) is 7. The fourth-order valence-electron chi connectivity index (χ4n) is 3.35. The van der Waals surface area contributed by atoms with Crippen LogP contribution in [-0.4, -0.2) is 74.9 Å². The second kappa shape index (κ2) is 10.5. The van der Waals surface area contributed by atoms with Crippen molar-refractivity contribution < 1.29 is 65.0 Å². The summed E-state index contributed by atoms with van der Waals surface area (Å²) in [5, 5.41) is 10.7. The van der Waals surface area contributed by atoms with Gasteiger partial charge in [0.1, 0.15) is 30.0 Å². The Kier molecular flexibility index (Phi) is 8.45. The number of rotatable bonds is 8. The average Bonchev–Trinajstić information content (AvgIpc) is 3.23. The predicted molar refractivity (Wildman–Crippen MR) is 119 cm³/mol. The molecule has 37 heavy (non-hydrogen) atoms. The molecular weight excluding hydrogens is 593 g/mol. The number of alkyl halides is 2. The van der Waals surface area contributed by atoms with E-state index in [1.54, 1.807) is 0 Å². The van der Waals surface area contributed by atoms with Gasteiger partial charge in [0.15, 0.2) is 16.8 Å². The third-order valence-corrected chi connectivity index (χ3v) is 8.84. The zero-order chi connectivity index (χ0) is 28.0. The first-order valence-corrected chi connectivity index (χ1v) is 14.4. The van der Waals surface area contributed by atoms with Crippen LogP contribution in [0.15, 0.2) is 6.33 Å². The van der Waals surface area contributed by atoms with Crippen LogP contribution in [-0.2, 0) is 31.6 Å². The highest BCUT2D eigenvalue weighted by Gasteiger charge is 2.60. The lowest BCUT2D eigenvalue weighted by atomic mass is 9.94. The van der Waals surface area contributed by atoms with Crippen LogP contribution < -0.4 is 5.73 Å². The molecule has 0 aliphatic carbocycles. The number of phosphoric acid groups is 3. The van der Waals surface area contributed by atoms with E-state index in [1.165, 1.54) is 0 Å². The number of fused-ring (bicyclic) bond motifs is 1. The number of phosphoric ester groups is 1. The molecule has 206 valence electrons. The Bertz CT molecular complexity index is 1460. The summed E-state index contributed by atoms with van der Waals surface area (Å²) in [4.78, 5) is 46.6. The van der Waals surface area contributed by atoms with Gasteiger partial charge in [-0.2, -0.15) is 8.62 Å². The van der Waals surface area contributed by atoms with E-state index in [4.69, 9.17) is 32.5 Å². The minimum Gasteiger partial charge on any atom is -0.386 e. The van der Waals surface area contributed by atoms with Gasteiger partial charge in [0.25, 0.3) is 0 Å². The normalized spacial score (nSPS) is 28.3. The Labute approximate surface area is 210 Å². The fourth-order valence-corrected chi connectivity index (χ4v) is 6.80. The zero-order valence-corrected chi connectivity index (χ0v) is 21.6. The second-order valence-corrected chi connectivity index (χ2v) is 12.0. The van der Waals surface area contributed by atoms with Crippen molar-refractivity contribution in [3.8, 4) is 11.8 Å². The molecule has 0 radical (unpaired) electrons. The highest BCUT2D eigenvalue weighted by atomic mass is 32.1. The van der Waals surface area contributed by atoms with Crippen molar-refractivity contribution in [1.82, 2.24) is 19.5 Å². The number of ether oxygens (including phenoxy) is 1. The number of aliphatic hydroxyl groups excluding tert-OH is 1. The molecule has 2 aromatic heterocycles. The first kappa shape index (κ1) is 29.9. The number of anilines is 1. The van der Waals surface area contributed by atoms with Crippen molar-refractivity contribution in [1.29, 1.82) is 0 Å². The van der Waals surface area contributed by atoms with Crippen molar-refractivity contribution in [2.75, 3.05) is 12.4 Å². The van der Waals surface area contributed by atoms with Crippen LogP contribution in [0.3, 0.4) is 0 Å². The monoisotopic (exact) mass is 611 g/mol. The molecule has 1 saturated heterocycles. The van der Waals surface area contributed by atoms with E-state index in [2.05, 4.69) is 28.1 Å². The number of halogens is 2. The molecule has 3 rings (SSSR count). The van der Waals surface area contributed by atoms with Gasteiger partial charge >= 0.3 is 23.5 Å². The quantitative estimate of drug-likeness (QED) is 0.123. The van der Waals surface area contributed by atoms with E-state index >= 15 is 4.39 Å². The summed E-state index contributed by atoms with van der Waals surface area (Å²) in [6.45, 7) is -0.379. The molecule has 1 aliphatic rings. The number of aromatic nitrogens is 4. The molecule has 23 heteroatoms. The number of nitrogens with zero attached hydrogens (tertiary/aromatic N) is 3. The van der Waals surface area contributed by atoms with Gasteiger partial charge < -0.3 is 40.1 Å². The third kappa shape index (κ3) is 6.67. The molecule has 7 atom stereocenters. The average molecular weight is 611 g/mol. The molecule has 0 saturated carbocycles. The molecule has 1 aliphatic heterocycles. The standard InChI is InChI=1S/C14H18F2N5O12P3S/c1-6(31-35(26,27)33-36(28,29)32-34(23,24)25)8-9(22)14(16,3-2-4-15)12(30-8)21-5-18-7-10(21)19-13(17)20-11(7)37/h5-6,8-9,12,22H,4H2,1H3,(H,26,27)(H,28,29)(H2,23,24,25)(H3,17,19,20,37)/t6-,8-,9+,12-,14?/m1/s1. The summed E-state index contributed by atoms with van der Waals surface area (Å²) in [5.74, 6) is 3.51. The van der Waals surface area contributed by atoms with Gasteiger partial charge in [-0.3, -0.25) is 9.09 Å². The van der Waals surface area contributed by atoms with Crippen molar-refractivity contribution in [2.24, 2.45) is 0 Å². The van der Waals surface area contributed by atoms with Gasteiger partial charge in [0, 0.05) is 0 Å². The molecule has 17 nitrogen and oxygen atoms in total. The van der Waals surface area contributed by atoms with E-state index in [0.717, 1.165) is 17.8 Å². The molecule has 8 N–H and O–H groups in total. The maximum absolute atomic E-state index is 16.1. The number of nitrogen functional groups attached to an aromatic ring is 1. The zero-order valence-electron chi connectivity index (χ0n) is 18.1. The molecule has 0 spiro atoms. The molecular formula is C14H18F2N5O12P3S. The number of hydrogen-bond acceptors (Lipinski definition) is 12. The minimum atomic E-state index is -5.85. The smallest absolute Gasteiger partial charge is 0.386 e. The van der Waals surface area contributed by atoms with Gasteiger partial charge in [0.05, 0.1) is 12.4 Å². The summed E-state index contributed by atoms with van der Waals surface area (Å²) in [7, 11) is -17.2. The molecule has 3 heterocycles. The lowest BCUT2D eigenvalue weighted by molar-refractivity contribution is -0.0754. The molecule has 3 unspecified atom stereocenters. The summed E-state index contributed by atoms with van der Waals surface area (Å²) < 4.78 is 81.5. The largest absolute Gasteiger partial charge is 0.490 e. The maximum atomic E-state index is 16.1. The van der Waals surface area contributed by atoms with Crippen molar-refractivity contribution >= 4 is 52.8 Å². The fraction of sp³-hybridized carbons (Fsp3) is 0.500. The Balaban J connectivity index is 1.95. The SMILES string of the molecule is C[C@@H](OP(=O)(O)OP(=O)(O)OP(=O)(O)O)[C@H]1O[C@@H](n2cnc3c(=S)nc(N)[nH]c32)C(F)(C#CCF)[C@H]1O. The molecule has 0 aromatic carbocycles. The molecule has 0 bridgehead atoms. The van der Waals surface area contributed by atoms with Crippen LogP contribution in [0, 0.1) is 16.5 Å². The Morgan fingerprint density at radius 1 is 1.32 bits per heavy atom. The van der Waals surface area contributed by atoms with Gasteiger partial charge in [-0.1, -0.05) is 24.1 Å². The first-order valence-electron chi connectivity index (χ1n) is 9.52. The highest BCUT2D eigenvalue weighted by molar-refractivity contribution is 7.71. The van der Waals surface area contributed by atoms with E-state index in [1.807, 2.05) is 11.8 Å². The summed E-state index contributed by atoms with van der Waals surface area (Å²) in [6, 6.07) is 0. The number of aromatic amines is 1. The van der Waals surface area contributed by atoms with Gasteiger partial charge in [0.2, 0.25) is 5.67 Å². The van der Waals surface area contributed by atoms with Crippen molar-refractivity contribution in [3.05, 3.63) is 11.0 Å². The van der Waals surface area contributed by atoms with E-state index < -0.39 is 60.4 Å². The topological polar surface area (TPSA) is 262 Å². The summed E-state index contributed by atoms with van der Waals surface area (Å²) >= 11 is 5.04.